The topological polar surface area (TPSA) is 96.3 Å². The first-order chi connectivity index (χ1) is 20.9. The number of imide groups is 1. The molecule has 7 nitrogen and oxygen atoms in total. The summed E-state index contributed by atoms with van der Waals surface area (Å²) < 4.78 is 27.6. The number of phenols is 1. The van der Waals surface area contributed by atoms with Crippen LogP contribution in [0, 0.1) is 23.6 Å². The van der Waals surface area contributed by atoms with Gasteiger partial charge in [-0.05, 0) is 62.9 Å². The van der Waals surface area contributed by atoms with Crippen molar-refractivity contribution in [1.29, 1.82) is 0 Å². The molecule has 4 atom stereocenters. The highest BCUT2D eigenvalue weighted by molar-refractivity contribution is 6.99. The molecule has 3 aromatic carbocycles. The standard InChI is InChI=1S/C34H37BFNO6Si/c1-34(2,3)44(23-11-7-5-8-12-23,24-13-9-6-10-14-24)42-20-22-17-26-30(33(40)37(4)32(26)39)25-19-29(43-35(41)31(22)25)21-15-16-28(38)27(36)18-21/h5-16,18,25-26,29-30,38,41H,17,19-20H2,1-4H3/t25-,26-,29-,30+/m0/s1. The van der Waals surface area contributed by atoms with Crippen molar-refractivity contribution in [2.24, 2.45) is 17.8 Å². The van der Waals surface area contributed by atoms with Crippen molar-refractivity contribution in [1.82, 2.24) is 4.90 Å². The summed E-state index contributed by atoms with van der Waals surface area (Å²) in [5.41, 5.74) is 1.79. The molecule has 6 rings (SSSR count). The van der Waals surface area contributed by atoms with Gasteiger partial charge in [0.1, 0.15) is 0 Å². The zero-order valence-corrected chi connectivity index (χ0v) is 26.4. The van der Waals surface area contributed by atoms with E-state index in [0.29, 0.717) is 11.0 Å². The van der Waals surface area contributed by atoms with Gasteiger partial charge in [-0.25, -0.2) is 4.39 Å². The van der Waals surface area contributed by atoms with Crippen molar-refractivity contribution >= 4 is 37.6 Å². The molecule has 0 aromatic heterocycles. The molecule has 2 aliphatic heterocycles. The number of amides is 2. The number of benzene rings is 3. The summed E-state index contributed by atoms with van der Waals surface area (Å²) in [6.07, 6.45) is -0.184. The van der Waals surface area contributed by atoms with Gasteiger partial charge in [-0.2, -0.15) is 0 Å². The second kappa shape index (κ2) is 11.4. The minimum atomic E-state index is -2.95. The van der Waals surface area contributed by atoms with E-state index >= 15 is 0 Å². The number of hydrogen-bond donors (Lipinski definition) is 2. The fourth-order valence-corrected chi connectivity index (χ4v) is 12.1. The summed E-state index contributed by atoms with van der Waals surface area (Å²) in [7, 11) is -2.82. The summed E-state index contributed by atoms with van der Waals surface area (Å²) >= 11 is 0. The Balaban J connectivity index is 1.44. The van der Waals surface area contributed by atoms with Gasteiger partial charge in [0.05, 0.1) is 24.5 Å². The minimum Gasteiger partial charge on any atom is -0.505 e. The molecule has 0 radical (unpaired) electrons. The first kappa shape index (κ1) is 30.5. The highest BCUT2D eigenvalue weighted by Crippen LogP contribution is 2.51. The molecule has 44 heavy (non-hydrogen) atoms. The SMILES string of the molecule is CN1C(=O)[C@H]2[C@H](CC(CO[Si](c3ccccc3)(c3ccccc3)C(C)(C)C)=C3B(O)O[C@H](c4ccc(O)c(F)c4)C[C@H]32)C1=O. The third-order valence-electron chi connectivity index (χ3n) is 9.66. The third kappa shape index (κ3) is 4.94. The van der Waals surface area contributed by atoms with E-state index in [1.807, 2.05) is 36.4 Å². The van der Waals surface area contributed by atoms with Crippen LogP contribution in [0.4, 0.5) is 4.39 Å². The van der Waals surface area contributed by atoms with Crippen LogP contribution in [0.2, 0.25) is 5.04 Å². The molecular weight excluding hydrogens is 576 g/mol. The fraction of sp³-hybridized carbons (Fsp3) is 0.353. The van der Waals surface area contributed by atoms with Crippen molar-refractivity contribution in [3.8, 4) is 5.75 Å². The molecule has 10 heteroatoms. The molecule has 2 amide bonds. The number of aromatic hydroxyl groups is 1. The Morgan fingerprint density at radius 3 is 2.16 bits per heavy atom. The summed E-state index contributed by atoms with van der Waals surface area (Å²) in [4.78, 5) is 28.0. The molecule has 1 aliphatic carbocycles. The Hall–Kier alpha value is -3.57. The van der Waals surface area contributed by atoms with E-state index in [2.05, 4.69) is 45.0 Å². The quantitative estimate of drug-likeness (QED) is 0.321. The van der Waals surface area contributed by atoms with Crippen molar-refractivity contribution < 1.29 is 33.2 Å². The van der Waals surface area contributed by atoms with Gasteiger partial charge in [-0.3, -0.25) is 14.5 Å². The lowest BCUT2D eigenvalue weighted by molar-refractivity contribution is -0.138. The molecule has 2 heterocycles. The molecule has 0 spiro atoms. The summed E-state index contributed by atoms with van der Waals surface area (Å²) in [5.74, 6) is -3.53. The molecule has 0 unspecified atom stereocenters. The molecule has 0 saturated carbocycles. The molecular formula is C34H37BFNO6Si. The van der Waals surface area contributed by atoms with E-state index in [0.717, 1.165) is 15.9 Å². The third-order valence-corrected chi connectivity index (χ3v) is 14.6. The number of hydrogen-bond acceptors (Lipinski definition) is 6. The number of nitrogens with zero attached hydrogens (tertiary/aromatic N) is 1. The number of allylic oxidation sites excluding steroid dienone is 1. The predicted octanol–water partition coefficient (Wildman–Crippen LogP) is 4.14. The molecule has 3 aliphatic rings. The number of halogens is 1. The smallest absolute Gasteiger partial charge is 0.487 e. The maximum absolute atomic E-state index is 14.3. The van der Waals surface area contributed by atoms with E-state index in [-0.39, 0.29) is 36.3 Å². The lowest BCUT2D eigenvalue weighted by Crippen LogP contribution is -2.66. The normalized spacial score (nSPS) is 24.0. The van der Waals surface area contributed by atoms with E-state index in [4.69, 9.17) is 9.08 Å². The van der Waals surface area contributed by atoms with Gasteiger partial charge < -0.3 is 19.2 Å². The zero-order valence-electron chi connectivity index (χ0n) is 25.4. The van der Waals surface area contributed by atoms with E-state index in [1.165, 1.54) is 24.1 Å². The molecule has 0 bridgehead atoms. The second-order valence-electron chi connectivity index (χ2n) is 13.1. The van der Waals surface area contributed by atoms with Crippen LogP contribution < -0.4 is 10.4 Å². The monoisotopic (exact) mass is 613 g/mol. The van der Waals surface area contributed by atoms with Crippen LogP contribution in [0.25, 0.3) is 0 Å². The Morgan fingerprint density at radius 2 is 1.59 bits per heavy atom. The molecule has 3 aromatic rings. The maximum Gasteiger partial charge on any atom is 0.487 e. The maximum atomic E-state index is 14.3. The van der Waals surface area contributed by atoms with Crippen molar-refractivity contribution in [3.05, 3.63) is 101 Å². The molecule has 2 N–H and O–H groups in total. The van der Waals surface area contributed by atoms with Crippen molar-refractivity contribution in [2.45, 2.75) is 44.8 Å². The van der Waals surface area contributed by atoms with Crippen LogP contribution in [0.5, 0.6) is 5.75 Å². The number of fused-ring (bicyclic) bond motifs is 3. The Bertz CT molecular complexity index is 1570. The van der Waals surface area contributed by atoms with Crippen LogP contribution >= 0.6 is 0 Å². The number of phenolic OH excluding ortho intramolecular Hbond substituents is 1. The summed E-state index contributed by atoms with van der Waals surface area (Å²) in [6, 6.07) is 24.4. The second-order valence-corrected chi connectivity index (χ2v) is 17.4. The van der Waals surface area contributed by atoms with Gasteiger partial charge >= 0.3 is 7.12 Å². The van der Waals surface area contributed by atoms with Crippen molar-refractivity contribution in [3.63, 3.8) is 0 Å². The Kier molecular flexibility index (Phi) is 7.90. The lowest BCUT2D eigenvalue weighted by atomic mass is 9.55. The average Bonchev–Trinajstić information content (AvgIpc) is 3.22. The highest BCUT2D eigenvalue weighted by Gasteiger charge is 2.58. The van der Waals surface area contributed by atoms with E-state index in [9.17, 15) is 24.1 Å². The zero-order chi connectivity index (χ0) is 31.4. The number of carbonyl (C=O) groups is 2. The van der Waals surface area contributed by atoms with Gasteiger partial charge in [0.2, 0.25) is 11.8 Å². The number of carbonyl (C=O) groups excluding carboxylic acids is 2. The van der Waals surface area contributed by atoms with Crippen LogP contribution in [0.15, 0.2) is 89.9 Å². The number of likely N-dealkylation sites (tertiary alicyclic amines) is 1. The average molecular weight is 614 g/mol. The van der Waals surface area contributed by atoms with Gasteiger partial charge in [-0.15, -0.1) is 0 Å². The fourth-order valence-electron chi connectivity index (χ4n) is 7.60. The van der Waals surface area contributed by atoms with Crippen LogP contribution in [-0.2, 0) is 18.7 Å². The van der Waals surface area contributed by atoms with Gasteiger partial charge in [0.15, 0.2) is 11.6 Å². The van der Waals surface area contributed by atoms with Crippen LogP contribution in [0.3, 0.4) is 0 Å². The minimum absolute atomic E-state index is 0.159. The Labute approximate surface area is 258 Å². The first-order valence-corrected chi connectivity index (χ1v) is 16.9. The van der Waals surface area contributed by atoms with Gasteiger partial charge in [0.25, 0.3) is 8.32 Å². The highest BCUT2D eigenvalue weighted by atomic mass is 28.4. The summed E-state index contributed by atoms with van der Waals surface area (Å²) in [6.45, 7) is 6.72. The molecule has 228 valence electrons. The predicted molar refractivity (Wildman–Crippen MR) is 168 cm³/mol. The van der Waals surface area contributed by atoms with Gasteiger partial charge in [0, 0.05) is 7.05 Å². The van der Waals surface area contributed by atoms with E-state index < -0.39 is 50.9 Å². The van der Waals surface area contributed by atoms with Crippen LogP contribution in [0.1, 0.15) is 45.3 Å². The van der Waals surface area contributed by atoms with Gasteiger partial charge in [-0.1, -0.05) is 87.5 Å². The largest absolute Gasteiger partial charge is 0.505 e. The summed E-state index contributed by atoms with van der Waals surface area (Å²) in [5, 5.41) is 23.2. The molecule has 2 fully saturated rings. The lowest BCUT2D eigenvalue weighted by Gasteiger charge is -2.45. The van der Waals surface area contributed by atoms with Crippen molar-refractivity contribution in [2.75, 3.05) is 13.7 Å². The van der Waals surface area contributed by atoms with Crippen LogP contribution in [-0.4, -0.2) is 55.9 Å². The first-order valence-electron chi connectivity index (χ1n) is 15.0. The molecule has 2 saturated heterocycles. The Morgan fingerprint density at radius 1 is 0.977 bits per heavy atom. The van der Waals surface area contributed by atoms with E-state index in [1.54, 1.807) is 6.07 Å². The number of rotatable bonds is 6.